The average molecular weight is 347 g/mol. The molecule has 2 fully saturated rings. The zero-order chi connectivity index (χ0) is 16.9. The molecule has 1 unspecified atom stereocenters. The number of aromatic nitrogens is 3. The van der Waals surface area contributed by atoms with Crippen molar-refractivity contribution in [2.45, 2.75) is 12.8 Å². The average Bonchev–Trinajstić information content (AvgIpc) is 2.46. The molecule has 0 amide bonds. The first-order valence-corrected chi connectivity index (χ1v) is 10.1. The summed E-state index contributed by atoms with van der Waals surface area (Å²) in [6.45, 7) is 1.92. The molecule has 4 rings (SSSR count). The zero-order valence-electron chi connectivity index (χ0n) is 13.9. The van der Waals surface area contributed by atoms with Gasteiger partial charge in [-0.1, -0.05) is 0 Å². The van der Waals surface area contributed by atoms with Crippen LogP contribution in [0.15, 0.2) is 18.6 Å². The molecule has 8 heteroatoms. The number of hydrogen-bond donors (Lipinski definition) is 1. The molecule has 1 saturated heterocycles. The van der Waals surface area contributed by atoms with Crippen LogP contribution in [0.2, 0.25) is 0 Å². The van der Waals surface area contributed by atoms with Gasteiger partial charge in [0.25, 0.3) is 0 Å². The molecule has 2 aliphatic rings. The molecule has 1 spiro atoms. The molecule has 3 heterocycles. The third-order valence-corrected chi connectivity index (χ3v) is 6.15. The van der Waals surface area contributed by atoms with Crippen LogP contribution in [0, 0.1) is 16.1 Å². The fourth-order valence-electron chi connectivity index (χ4n) is 4.26. The highest BCUT2D eigenvalue weighted by molar-refractivity contribution is 7.91. The van der Waals surface area contributed by atoms with Crippen molar-refractivity contribution in [2.24, 2.45) is 11.3 Å². The number of nitrogens with one attached hydrogen (secondary N) is 1. The fourth-order valence-corrected chi connectivity index (χ4v) is 5.39. The van der Waals surface area contributed by atoms with Crippen LogP contribution < -0.4 is 9.64 Å². The van der Waals surface area contributed by atoms with Gasteiger partial charge in [-0.2, -0.15) is 0 Å². The number of anilines is 1. The molecule has 0 aromatic carbocycles. The van der Waals surface area contributed by atoms with Crippen LogP contribution in [0.4, 0.5) is 5.82 Å². The summed E-state index contributed by atoms with van der Waals surface area (Å²) >= 11 is 0. The normalized spacial score (nSPS) is 22.0. The largest absolute Gasteiger partial charge is 0.479 e. The molecule has 128 valence electrons. The van der Waals surface area contributed by atoms with Crippen molar-refractivity contribution in [1.29, 1.82) is 4.78 Å². The van der Waals surface area contributed by atoms with Gasteiger partial charge in [0, 0.05) is 51.8 Å². The van der Waals surface area contributed by atoms with Crippen molar-refractivity contribution in [3.63, 3.8) is 0 Å². The SMILES string of the molecule is COc1nccc2c(N3CC4(CC(CS(C)(=N)=O)C4)C3)ncnc12. The van der Waals surface area contributed by atoms with E-state index in [4.69, 9.17) is 9.52 Å². The van der Waals surface area contributed by atoms with Crippen LogP contribution in [0.3, 0.4) is 0 Å². The highest BCUT2D eigenvalue weighted by Gasteiger charge is 2.53. The number of rotatable bonds is 4. The van der Waals surface area contributed by atoms with E-state index in [1.807, 2.05) is 6.07 Å². The van der Waals surface area contributed by atoms with Gasteiger partial charge in [0.15, 0.2) is 0 Å². The van der Waals surface area contributed by atoms with Gasteiger partial charge in [-0.05, 0) is 24.8 Å². The van der Waals surface area contributed by atoms with Crippen molar-refractivity contribution >= 4 is 26.4 Å². The second-order valence-corrected chi connectivity index (χ2v) is 9.56. The minimum Gasteiger partial charge on any atom is -0.479 e. The maximum atomic E-state index is 11.6. The van der Waals surface area contributed by atoms with Gasteiger partial charge in [0.1, 0.15) is 17.7 Å². The van der Waals surface area contributed by atoms with Crippen molar-refractivity contribution in [3.05, 3.63) is 18.6 Å². The lowest BCUT2D eigenvalue weighted by Crippen LogP contribution is -2.63. The molecule has 1 aliphatic heterocycles. The number of hydrogen-bond acceptors (Lipinski definition) is 7. The van der Waals surface area contributed by atoms with Gasteiger partial charge in [-0.25, -0.2) is 15.0 Å². The van der Waals surface area contributed by atoms with Gasteiger partial charge < -0.3 is 9.64 Å². The predicted octanol–water partition coefficient (Wildman–Crippen LogP) is 1.93. The fraction of sp³-hybridized carbons (Fsp3) is 0.562. The van der Waals surface area contributed by atoms with E-state index in [-0.39, 0.29) is 0 Å². The Morgan fingerprint density at radius 3 is 2.79 bits per heavy atom. The van der Waals surface area contributed by atoms with Crippen molar-refractivity contribution in [2.75, 3.05) is 37.1 Å². The molecule has 24 heavy (non-hydrogen) atoms. The Hall–Kier alpha value is -1.96. The van der Waals surface area contributed by atoms with E-state index in [0.717, 1.165) is 42.7 Å². The molecular weight excluding hydrogens is 326 g/mol. The smallest absolute Gasteiger partial charge is 0.240 e. The Bertz CT molecular complexity index is 884. The molecule has 2 aromatic heterocycles. The van der Waals surface area contributed by atoms with E-state index in [1.54, 1.807) is 25.9 Å². The van der Waals surface area contributed by atoms with E-state index < -0.39 is 9.73 Å². The van der Waals surface area contributed by atoms with Crippen molar-refractivity contribution < 1.29 is 8.95 Å². The first-order valence-electron chi connectivity index (χ1n) is 7.99. The summed E-state index contributed by atoms with van der Waals surface area (Å²) < 4.78 is 24.5. The van der Waals surface area contributed by atoms with Gasteiger partial charge in [-0.15, -0.1) is 0 Å². The topological polar surface area (TPSA) is 92.1 Å². The first kappa shape index (κ1) is 15.6. The summed E-state index contributed by atoms with van der Waals surface area (Å²) in [5.74, 6) is 2.42. The summed E-state index contributed by atoms with van der Waals surface area (Å²) in [5.41, 5.74) is 1.06. The van der Waals surface area contributed by atoms with Crippen molar-refractivity contribution in [3.8, 4) is 5.88 Å². The van der Waals surface area contributed by atoms with E-state index in [9.17, 15) is 4.21 Å². The minimum absolute atomic E-state index is 0.323. The highest BCUT2D eigenvalue weighted by Crippen LogP contribution is 2.53. The maximum absolute atomic E-state index is 11.6. The van der Waals surface area contributed by atoms with Gasteiger partial charge in [-0.3, -0.25) is 8.99 Å². The van der Waals surface area contributed by atoms with Crippen LogP contribution in [0.1, 0.15) is 12.8 Å². The van der Waals surface area contributed by atoms with Crippen LogP contribution in [0.25, 0.3) is 10.9 Å². The third kappa shape index (κ3) is 2.58. The molecule has 0 bridgehead atoms. The Morgan fingerprint density at radius 1 is 1.38 bits per heavy atom. The Kier molecular flexibility index (Phi) is 3.42. The second-order valence-electron chi connectivity index (χ2n) is 7.22. The lowest BCUT2D eigenvalue weighted by molar-refractivity contribution is 0.0353. The summed E-state index contributed by atoms with van der Waals surface area (Å²) in [6.07, 6.45) is 6.96. The van der Waals surface area contributed by atoms with Crippen LogP contribution >= 0.6 is 0 Å². The molecule has 1 atom stereocenters. The maximum Gasteiger partial charge on any atom is 0.240 e. The molecule has 7 nitrogen and oxygen atoms in total. The molecular formula is C16H21N5O2S. The van der Waals surface area contributed by atoms with Gasteiger partial charge in [0.05, 0.1) is 7.11 Å². The lowest BCUT2D eigenvalue weighted by Gasteiger charge is -2.59. The number of pyridine rings is 1. The highest BCUT2D eigenvalue weighted by atomic mass is 32.2. The van der Waals surface area contributed by atoms with E-state index in [1.165, 1.54) is 0 Å². The Labute approximate surface area is 141 Å². The van der Waals surface area contributed by atoms with Gasteiger partial charge >= 0.3 is 0 Å². The van der Waals surface area contributed by atoms with Crippen LogP contribution in [-0.4, -0.2) is 51.4 Å². The summed E-state index contributed by atoms with van der Waals surface area (Å²) in [6, 6.07) is 1.92. The quantitative estimate of drug-likeness (QED) is 0.908. The predicted molar refractivity (Wildman–Crippen MR) is 92.9 cm³/mol. The Balaban J connectivity index is 1.50. The third-order valence-electron chi connectivity index (χ3n) is 5.04. The monoisotopic (exact) mass is 347 g/mol. The molecule has 1 saturated carbocycles. The summed E-state index contributed by atoms with van der Waals surface area (Å²) in [5, 5.41) is 0.956. The minimum atomic E-state index is -2.38. The van der Waals surface area contributed by atoms with E-state index in [0.29, 0.717) is 23.0 Å². The summed E-state index contributed by atoms with van der Waals surface area (Å²) in [4.78, 5) is 15.2. The Morgan fingerprint density at radius 2 is 2.12 bits per heavy atom. The molecule has 2 aromatic rings. The number of ether oxygens (including phenoxy) is 1. The van der Waals surface area contributed by atoms with Gasteiger partial charge in [0.2, 0.25) is 5.88 Å². The van der Waals surface area contributed by atoms with E-state index >= 15 is 0 Å². The standard InChI is InChI=1S/C16H21N5O2S/c1-23-15-13-12(3-4-18-15)14(20-10-19-13)21-8-16(9-21)5-11(6-16)7-24(2,17)22/h3-4,10-11,17H,5-9H2,1-2H3. The van der Waals surface area contributed by atoms with Crippen LogP contribution in [0.5, 0.6) is 5.88 Å². The molecule has 1 N–H and O–H groups in total. The second kappa shape index (κ2) is 5.27. The molecule has 0 radical (unpaired) electrons. The van der Waals surface area contributed by atoms with Crippen molar-refractivity contribution in [1.82, 2.24) is 15.0 Å². The lowest BCUT2D eigenvalue weighted by atomic mass is 9.58. The summed E-state index contributed by atoms with van der Waals surface area (Å²) in [7, 11) is -0.784. The molecule has 1 aliphatic carbocycles. The van der Waals surface area contributed by atoms with Crippen LogP contribution in [-0.2, 0) is 9.73 Å². The number of nitrogens with zero attached hydrogens (tertiary/aromatic N) is 4. The zero-order valence-corrected chi connectivity index (χ0v) is 14.7. The first-order chi connectivity index (χ1) is 11.4. The van der Waals surface area contributed by atoms with E-state index in [2.05, 4.69) is 19.9 Å². The number of methoxy groups -OCH3 is 1. The number of fused-ring (bicyclic) bond motifs is 1.